The molecule has 0 aliphatic rings. The summed E-state index contributed by atoms with van der Waals surface area (Å²) < 4.78 is 16.8. The molecule has 2 nitrogen and oxygen atoms in total. The van der Waals surface area contributed by atoms with E-state index < -0.39 is 0 Å². The Bertz CT molecular complexity index is 261. The highest BCUT2D eigenvalue weighted by atomic mass is 19.1. The molecule has 0 saturated carbocycles. The van der Waals surface area contributed by atoms with Crippen molar-refractivity contribution in [2.24, 2.45) is 0 Å². The third kappa shape index (κ3) is 4.79. The predicted octanol–water partition coefficient (Wildman–Crippen LogP) is 2.19. The maximum Gasteiger partial charge on any atom is 0.118 e. The number of methoxy groups -OCH3 is 1. The number of hydrogen-bond acceptors (Lipinski definition) is 2. The number of alkyl halides is 1. The molecule has 0 aliphatic heterocycles. The van der Waals surface area contributed by atoms with Crippen molar-refractivity contribution >= 4 is 0 Å². The van der Waals surface area contributed by atoms with Gasteiger partial charge in [-0.15, -0.1) is 0 Å². The molecule has 1 aromatic carbocycles. The Morgan fingerprint density at radius 2 is 1.93 bits per heavy atom. The van der Waals surface area contributed by atoms with Crippen molar-refractivity contribution in [3.63, 3.8) is 0 Å². The lowest BCUT2D eigenvalue weighted by molar-refractivity contribution is 0.414. The van der Waals surface area contributed by atoms with E-state index in [0.717, 1.165) is 25.3 Å². The molecule has 0 aliphatic carbocycles. The molecule has 0 amide bonds. The molecule has 0 heterocycles. The second-order valence-corrected chi connectivity index (χ2v) is 3.39. The Hall–Kier alpha value is -1.09. The van der Waals surface area contributed by atoms with Crippen LogP contribution in [-0.4, -0.2) is 26.9 Å². The zero-order valence-electron chi connectivity index (χ0n) is 9.13. The van der Waals surface area contributed by atoms with E-state index in [1.165, 1.54) is 5.56 Å². The van der Waals surface area contributed by atoms with E-state index in [1.807, 2.05) is 12.1 Å². The van der Waals surface area contributed by atoms with E-state index in [2.05, 4.69) is 17.4 Å². The monoisotopic (exact) mass is 211 g/mol. The van der Waals surface area contributed by atoms with Gasteiger partial charge in [-0.3, -0.25) is 4.39 Å². The summed E-state index contributed by atoms with van der Waals surface area (Å²) in [6.07, 6.45) is 1.57. The first kappa shape index (κ1) is 12.0. The van der Waals surface area contributed by atoms with E-state index in [-0.39, 0.29) is 6.67 Å². The summed E-state index contributed by atoms with van der Waals surface area (Å²) in [5, 5.41) is 3.19. The van der Waals surface area contributed by atoms with Gasteiger partial charge in [0.2, 0.25) is 0 Å². The Morgan fingerprint density at radius 1 is 1.20 bits per heavy atom. The standard InChI is InChI=1S/C12H18FNO/c1-15-12-5-3-11(4-6-12)7-10-14-9-2-8-13/h3-6,14H,2,7-10H2,1H3. The molecule has 15 heavy (non-hydrogen) atoms. The van der Waals surface area contributed by atoms with E-state index in [9.17, 15) is 4.39 Å². The molecule has 0 fully saturated rings. The minimum absolute atomic E-state index is 0.241. The summed E-state index contributed by atoms with van der Waals surface area (Å²) in [7, 11) is 1.66. The van der Waals surface area contributed by atoms with E-state index in [1.54, 1.807) is 7.11 Å². The first-order valence-corrected chi connectivity index (χ1v) is 5.26. The van der Waals surface area contributed by atoms with Crippen LogP contribution >= 0.6 is 0 Å². The van der Waals surface area contributed by atoms with Gasteiger partial charge >= 0.3 is 0 Å². The SMILES string of the molecule is COc1ccc(CCNCCCF)cc1. The van der Waals surface area contributed by atoms with Crippen LogP contribution in [0.15, 0.2) is 24.3 Å². The lowest BCUT2D eigenvalue weighted by atomic mass is 10.1. The van der Waals surface area contributed by atoms with Gasteiger partial charge < -0.3 is 10.1 Å². The van der Waals surface area contributed by atoms with Crippen LogP contribution in [0.25, 0.3) is 0 Å². The van der Waals surface area contributed by atoms with Crippen molar-refractivity contribution in [2.45, 2.75) is 12.8 Å². The highest BCUT2D eigenvalue weighted by molar-refractivity contribution is 5.27. The van der Waals surface area contributed by atoms with Gasteiger partial charge in [-0.25, -0.2) is 0 Å². The highest BCUT2D eigenvalue weighted by Gasteiger charge is 1.94. The lowest BCUT2D eigenvalue weighted by Gasteiger charge is -2.04. The average Bonchev–Trinajstić information content (AvgIpc) is 2.30. The van der Waals surface area contributed by atoms with E-state index in [4.69, 9.17) is 4.74 Å². The zero-order chi connectivity index (χ0) is 10.9. The number of hydrogen-bond donors (Lipinski definition) is 1. The molecule has 3 heteroatoms. The van der Waals surface area contributed by atoms with E-state index in [0.29, 0.717) is 6.42 Å². The molecule has 0 spiro atoms. The minimum atomic E-state index is -0.241. The largest absolute Gasteiger partial charge is 0.497 e. The van der Waals surface area contributed by atoms with Crippen LogP contribution in [0.4, 0.5) is 4.39 Å². The summed E-state index contributed by atoms with van der Waals surface area (Å²) >= 11 is 0. The Morgan fingerprint density at radius 3 is 2.53 bits per heavy atom. The van der Waals surface area contributed by atoms with Crippen LogP contribution in [0.3, 0.4) is 0 Å². The van der Waals surface area contributed by atoms with Gasteiger partial charge in [0.15, 0.2) is 0 Å². The van der Waals surface area contributed by atoms with Crippen LogP contribution < -0.4 is 10.1 Å². The van der Waals surface area contributed by atoms with Gasteiger partial charge in [-0.2, -0.15) is 0 Å². The normalized spacial score (nSPS) is 10.3. The first-order valence-electron chi connectivity index (χ1n) is 5.26. The van der Waals surface area contributed by atoms with Gasteiger partial charge in [-0.05, 0) is 43.6 Å². The quantitative estimate of drug-likeness (QED) is 0.698. The van der Waals surface area contributed by atoms with Gasteiger partial charge in [-0.1, -0.05) is 12.1 Å². The Balaban J connectivity index is 2.20. The highest BCUT2D eigenvalue weighted by Crippen LogP contribution is 2.11. The molecule has 0 radical (unpaired) electrons. The molecular formula is C12H18FNO. The fourth-order valence-electron chi connectivity index (χ4n) is 1.34. The van der Waals surface area contributed by atoms with Gasteiger partial charge in [0.1, 0.15) is 5.75 Å². The van der Waals surface area contributed by atoms with Crippen LogP contribution in [0.2, 0.25) is 0 Å². The number of halogens is 1. The van der Waals surface area contributed by atoms with Crippen molar-refractivity contribution in [3.8, 4) is 5.75 Å². The summed E-state index contributed by atoms with van der Waals surface area (Å²) in [6.45, 7) is 1.41. The molecule has 0 bridgehead atoms. The molecule has 0 saturated heterocycles. The molecule has 1 N–H and O–H groups in total. The number of ether oxygens (including phenoxy) is 1. The van der Waals surface area contributed by atoms with Gasteiger partial charge in [0.25, 0.3) is 0 Å². The second-order valence-electron chi connectivity index (χ2n) is 3.39. The third-order valence-corrected chi connectivity index (χ3v) is 2.24. The van der Waals surface area contributed by atoms with Crippen molar-refractivity contribution in [3.05, 3.63) is 29.8 Å². The van der Waals surface area contributed by atoms with E-state index >= 15 is 0 Å². The van der Waals surface area contributed by atoms with Crippen LogP contribution in [0.5, 0.6) is 5.75 Å². The minimum Gasteiger partial charge on any atom is -0.497 e. The van der Waals surface area contributed by atoms with Crippen LogP contribution in [0.1, 0.15) is 12.0 Å². The maximum atomic E-state index is 11.8. The van der Waals surface area contributed by atoms with Crippen LogP contribution in [-0.2, 0) is 6.42 Å². The average molecular weight is 211 g/mol. The molecule has 1 aromatic rings. The van der Waals surface area contributed by atoms with Crippen molar-refractivity contribution < 1.29 is 9.13 Å². The lowest BCUT2D eigenvalue weighted by Crippen LogP contribution is -2.18. The maximum absolute atomic E-state index is 11.8. The topological polar surface area (TPSA) is 21.3 Å². The van der Waals surface area contributed by atoms with Crippen molar-refractivity contribution in [1.29, 1.82) is 0 Å². The third-order valence-electron chi connectivity index (χ3n) is 2.24. The second kappa shape index (κ2) is 7.23. The molecule has 0 atom stereocenters. The van der Waals surface area contributed by atoms with Gasteiger partial charge in [0, 0.05) is 0 Å². The zero-order valence-corrected chi connectivity index (χ0v) is 9.13. The smallest absolute Gasteiger partial charge is 0.118 e. The Kier molecular flexibility index (Phi) is 5.78. The first-order chi connectivity index (χ1) is 7.36. The number of rotatable bonds is 7. The summed E-state index contributed by atoms with van der Waals surface area (Å²) in [5.74, 6) is 0.879. The molecule has 1 rings (SSSR count). The van der Waals surface area contributed by atoms with Crippen LogP contribution in [0, 0.1) is 0 Å². The molecule has 84 valence electrons. The molecule has 0 aromatic heterocycles. The summed E-state index contributed by atoms with van der Waals surface area (Å²) in [4.78, 5) is 0. The summed E-state index contributed by atoms with van der Waals surface area (Å²) in [6, 6.07) is 8.01. The van der Waals surface area contributed by atoms with Crippen molar-refractivity contribution in [1.82, 2.24) is 5.32 Å². The Labute approximate surface area is 90.4 Å². The number of nitrogens with one attached hydrogen (secondary N) is 1. The van der Waals surface area contributed by atoms with Crippen molar-refractivity contribution in [2.75, 3.05) is 26.9 Å². The molecule has 0 unspecified atom stereocenters. The molecular weight excluding hydrogens is 193 g/mol. The number of benzene rings is 1. The predicted molar refractivity (Wildman–Crippen MR) is 60.2 cm³/mol. The van der Waals surface area contributed by atoms with Gasteiger partial charge in [0.05, 0.1) is 13.8 Å². The summed E-state index contributed by atoms with van der Waals surface area (Å²) in [5.41, 5.74) is 1.27. The fraction of sp³-hybridized carbons (Fsp3) is 0.500. The fourth-order valence-corrected chi connectivity index (χ4v) is 1.34.